The van der Waals surface area contributed by atoms with Crippen LogP contribution in [-0.2, 0) is 12.8 Å². The van der Waals surface area contributed by atoms with Crippen LogP contribution in [0.2, 0.25) is 0 Å². The summed E-state index contributed by atoms with van der Waals surface area (Å²) in [5.41, 5.74) is 1.70. The maximum absolute atomic E-state index is 13.8. The van der Waals surface area contributed by atoms with Gasteiger partial charge in [0.2, 0.25) is 0 Å². The lowest BCUT2D eigenvalue weighted by Crippen LogP contribution is -1.97. The van der Waals surface area contributed by atoms with E-state index in [0.717, 1.165) is 23.8 Å². The summed E-state index contributed by atoms with van der Waals surface area (Å²) in [6.07, 6.45) is 4.60. The van der Waals surface area contributed by atoms with Crippen molar-refractivity contribution < 1.29 is 8.78 Å². The first-order chi connectivity index (χ1) is 9.15. The fraction of sp³-hybridized carbons (Fsp3) is 0.333. The van der Waals surface area contributed by atoms with Crippen molar-refractivity contribution in [3.63, 3.8) is 0 Å². The van der Waals surface area contributed by atoms with Crippen LogP contribution < -0.4 is 0 Å². The predicted molar refractivity (Wildman–Crippen MR) is 75.0 cm³/mol. The van der Waals surface area contributed by atoms with Gasteiger partial charge in [0.25, 0.3) is 0 Å². The second-order valence-electron chi connectivity index (χ2n) is 4.83. The zero-order chi connectivity index (χ0) is 13.4. The Hall–Kier alpha value is -0.930. The second-order valence-corrected chi connectivity index (χ2v) is 6.44. The zero-order valence-corrected chi connectivity index (χ0v) is 11.8. The van der Waals surface area contributed by atoms with Crippen LogP contribution >= 0.6 is 22.9 Å². The van der Waals surface area contributed by atoms with E-state index in [-0.39, 0.29) is 0 Å². The van der Waals surface area contributed by atoms with E-state index in [9.17, 15) is 8.78 Å². The molecule has 0 aliphatic heterocycles. The highest BCUT2D eigenvalue weighted by Crippen LogP contribution is 2.39. The molecule has 0 spiro atoms. The smallest absolute Gasteiger partial charge is 0.131 e. The van der Waals surface area contributed by atoms with Gasteiger partial charge in [-0.05, 0) is 43.4 Å². The van der Waals surface area contributed by atoms with Crippen LogP contribution in [0.3, 0.4) is 0 Å². The van der Waals surface area contributed by atoms with Crippen LogP contribution in [-0.4, -0.2) is 0 Å². The van der Waals surface area contributed by atoms with E-state index in [1.54, 1.807) is 11.3 Å². The number of aryl methyl sites for hydroxylation is 2. The number of halogens is 3. The van der Waals surface area contributed by atoms with Crippen LogP contribution in [0.25, 0.3) is 0 Å². The highest BCUT2D eigenvalue weighted by molar-refractivity contribution is 7.12. The van der Waals surface area contributed by atoms with Crippen molar-refractivity contribution in [1.29, 1.82) is 0 Å². The highest BCUT2D eigenvalue weighted by Gasteiger charge is 2.21. The third kappa shape index (κ3) is 2.54. The fourth-order valence-electron chi connectivity index (χ4n) is 2.50. The Morgan fingerprint density at radius 2 is 1.89 bits per heavy atom. The summed E-state index contributed by atoms with van der Waals surface area (Å²) in [6, 6.07) is 5.65. The molecule has 2 aromatic rings. The van der Waals surface area contributed by atoms with E-state index in [2.05, 4.69) is 6.07 Å². The van der Waals surface area contributed by atoms with E-state index in [1.165, 1.54) is 35.4 Å². The maximum atomic E-state index is 13.8. The number of thiophene rings is 1. The van der Waals surface area contributed by atoms with E-state index in [1.807, 2.05) is 0 Å². The summed E-state index contributed by atoms with van der Waals surface area (Å²) in [4.78, 5) is 2.33. The molecular weight excluding hydrogens is 286 g/mol. The topological polar surface area (TPSA) is 0 Å². The molecule has 4 heteroatoms. The molecule has 0 radical (unpaired) electrons. The molecule has 0 amide bonds. The Morgan fingerprint density at radius 1 is 1.11 bits per heavy atom. The minimum absolute atomic E-state index is 0.349. The first-order valence-electron chi connectivity index (χ1n) is 6.35. The minimum atomic E-state index is -0.577. The van der Waals surface area contributed by atoms with Crippen molar-refractivity contribution in [3.8, 4) is 0 Å². The van der Waals surface area contributed by atoms with Crippen LogP contribution in [0, 0.1) is 11.6 Å². The van der Waals surface area contributed by atoms with Crippen molar-refractivity contribution in [3.05, 3.63) is 56.8 Å². The van der Waals surface area contributed by atoms with Crippen LogP contribution in [0.1, 0.15) is 39.1 Å². The number of alkyl halides is 1. The van der Waals surface area contributed by atoms with Gasteiger partial charge in [0.05, 0.1) is 5.38 Å². The standard InChI is InChI=1S/C15H13ClF2S/c16-15(11-6-5-10(17)8-12(11)18)14-7-9-3-1-2-4-13(9)19-14/h5-8,15H,1-4H2. The van der Waals surface area contributed by atoms with E-state index in [4.69, 9.17) is 11.6 Å². The van der Waals surface area contributed by atoms with Crippen LogP contribution in [0.15, 0.2) is 24.3 Å². The SMILES string of the molecule is Fc1ccc(C(Cl)c2cc3c(s2)CCCC3)c(F)c1. The molecule has 19 heavy (non-hydrogen) atoms. The minimum Gasteiger partial charge on any atom is -0.207 e. The molecule has 0 saturated heterocycles. The number of benzene rings is 1. The highest BCUT2D eigenvalue weighted by atomic mass is 35.5. The van der Waals surface area contributed by atoms with Crippen LogP contribution in [0.4, 0.5) is 8.78 Å². The number of hydrogen-bond acceptors (Lipinski definition) is 1. The third-order valence-electron chi connectivity index (χ3n) is 3.50. The normalized spacial score (nSPS) is 16.2. The molecule has 1 aromatic carbocycles. The van der Waals surface area contributed by atoms with Crippen molar-refractivity contribution >= 4 is 22.9 Å². The Balaban J connectivity index is 1.94. The summed E-state index contributed by atoms with van der Waals surface area (Å²) in [7, 11) is 0. The molecule has 1 heterocycles. The largest absolute Gasteiger partial charge is 0.207 e. The molecule has 1 aliphatic carbocycles. The lowest BCUT2D eigenvalue weighted by atomic mass is 9.98. The van der Waals surface area contributed by atoms with Crippen LogP contribution in [0.5, 0.6) is 0 Å². The molecule has 1 unspecified atom stereocenters. The number of rotatable bonds is 2. The average Bonchev–Trinajstić information content (AvgIpc) is 2.81. The predicted octanol–water partition coefficient (Wildman–Crippen LogP) is 5.23. The van der Waals surface area contributed by atoms with Gasteiger partial charge in [-0.1, -0.05) is 6.07 Å². The molecule has 0 N–H and O–H groups in total. The Kier molecular flexibility index (Phi) is 3.59. The first kappa shape index (κ1) is 13.1. The van der Waals surface area contributed by atoms with Gasteiger partial charge >= 0.3 is 0 Å². The molecule has 1 aromatic heterocycles. The van der Waals surface area contributed by atoms with Crippen molar-refractivity contribution in [2.75, 3.05) is 0 Å². The Bertz CT molecular complexity index is 583. The Labute approximate surface area is 120 Å². The quantitative estimate of drug-likeness (QED) is 0.666. The molecule has 1 aliphatic rings. The zero-order valence-electron chi connectivity index (χ0n) is 10.3. The monoisotopic (exact) mass is 298 g/mol. The lowest BCUT2D eigenvalue weighted by Gasteiger charge is -2.08. The average molecular weight is 299 g/mol. The Morgan fingerprint density at radius 3 is 2.63 bits per heavy atom. The van der Waals surface area contributed by atoms with Gasteiger partial charge in [-0.25, -0.2) is 8.78 Å². The van der Waals surface area contributed by atoms with Gasteiger partial charge in [0.1, 0.15) is 11.6 Å². The number of hydrogen-bond donors (Lipinski definition) is 0. The van der Waals surface area contributed by atoms with Gasteiger partial charge in [-0.15, -0.1) is 22.9 Å². The van der Waals surface area contributed by atoms with Gasteiger partial charge in [0, 0.05) is 21.4 Å². The van der Waals surface area contributed by atoms with Crippen molar-refractivity contribution in [2.24, 2.45) is 0 Å². The van der Waals surface area contributed by atoms with Crippen molar-refractivity contribution in [2.45, 2.75) is 31.1 Å². The van der Waals surface area contributed by atoms with Gasteiger partial charge in [-0.2, -0.15) is 0 Å². The third-order valence-corrected chi connectivity index (χ3v) is 5.40. The molecule has 0 bridgehead atoms. The summed E-state index contributed by atoms with van der Waals surface area (Å²) in [6.45, 7) is 0. The van der Waals surface area contributed by atoms with E-state index in [0.29, 0.717) is 5.56 Å². The molecule has 100 valence electrons. The van der Waals surface area contributed by atoms with Crippen molar-refractivity contribution in [1.82, 2.24) is 0 Å². The van der Waals surface area contributed by atoms with Gasteiger partial charge in [0.15, 0.2) is 0 Å². The second kappa shape index (κ2) is 5.22. The number of fused-ring (bicyclic) bond motifs is 1. The first-order valence-corrected chi connectivity index (χ1v) is 7.61. The maximum Gasteiger partial charge on any atom is 0.131 e. The summed E-state index contributed by atoms with van der Waals surface area (Å²) in [5.74, 6) is -1.15. The van der Waals surface area contributed by atoms with E-state index < -0.39 is 17.0 Å². The van der Waals surface area contributed by atoms with E-state index >= 15 is 0 Å². The molecule has 0 nitrogen and oxygen atoms in total. The summed E-state index contributed by atoms with van der Waals surface area (Å²) >= 11 is 8.02. The molecule has 3 rings (SSSR count). The van der Waals surface area contributed by atoms with Gasteiger partial charge < -0.3 is 0 Å². The fourth-order valence-corrected chi connectivity index (χ4v) is 4.13. The summed E-state index contributed by atoms with van der Waals surface area (Å²) < 4.78 is 26.7. The summed E-state index contributed by atoms with van der Waals surface area (Å²) in [5, 5.41) is -0.531. The lowest BCUT2D eigenvalue weighted by molar-refractivity contribution is 0.574. The molecule has 0 saturated carbocycles. The molecular formula is C15H13ClF2S. The molecule has 1 atom stereocenters. The van der Waals surface area contributed by atoms with Gasteiger partial charge in [-0.3, -0.25) is 0 Å². The molecule has 0 fully saturated rings.